The summed E-state index contributed by atoms with van der Waals surface area (Å²) in [6.07, 6.45) is 0. The van der Waals surface area contributed by atoms with E-state index < -0.39 is 15.7 Å². The maximum absolute atomic E-state index is 11.0. The van der Waals surface area contributed by atoms with E-state index in [9.17, 15) is 14.4 Å². The van der Waals surface area contributed by atoms with Crippen LogP contribution < -0.4 is 14.2 Å². The summed E-state index contributed by atoms with van der Waals surface area (Å²) in [4.78, 5) is 32.9. The summed E-state index contributed by atoms with van der Waals surface area (Å²) in [6, 6.07) is 40.5. The molecule has 0 spiro atoms. The van der Waals surface area contributed by atoms with Crippen LogP contribution in [0.15, 0.2) is 140 Å². The van der Waals surface area contributed by atoms with Crippen molar-refractivity contribution >= 4 is 96.9 Å². The number of carbonyl (C=O) groups excluding carboxylic acids is 3. The largest absolute Gasteiger partial charge is 0.489 e. The van der Waals surface area contributed by atoms with Gasteiger partial charge in [-0.1, -0.05) is 101 Å². The Hall–Kier alpha value is -4.24. The monoisotopic (exact) mass is 874 g/mol. The minimum absolute atomic E-state index is 0.221. The smallest absolute Gasteiger partial charge is 0.252 e. The lowest BCUT2D eigenvalue weighted by Gasteiger charge is -2.09. The second kappa shape index (κ2) is 22.3. The molecule has 0 N–H and O–H groups in total. The molecule has 0 unspecified atom stereocenters. The van der Waals surface area contributed by atoms with Crippen LogP contribution in [-0.2, 0) is 19.8 Å². The van der Waals surface area contributed by atoms with Gasteiger partial charge in [-0.05, 0) is 131 Å². The van der Waals surface area contributed by atoms with Crippen molar-refractivity contribution in [3.8, 4) is 17.2 Å². The van der Waals surface area contributed by atoms with Crippen LogP contribution in [0.3, 0.4) is 0 Å². The van der Waals surface area contributed by atoms with Crippen molar-refractivity contribution in [1.82, 2.24) is 0 Å². The van der Waals surface area contributed by atoms with Gasteiger partial charge in [-0.2, -0.15) is 0 Å². The van der Waals surface area contributed by atoms with Crippen LogP contribution in [0.2, 0.25) is 20.1 Å². The zero-order valence-electron chi connectivity index (χ0n) is 28.5. The van der Waals surface area contributed by atoms with Crippen LogP contribution in [0, 0.1) is 0 Å². The van der Waals surface area contributed by atoms with Crippen LogP contribution in [0.25, 0.3) is 0 Å². The minimum atomic E-state index is -0.527. The predicted octanol–water partition coefficient (Wildman–Crippen LogP) is 13.5. The van der Waals surface area contributed by atoms with Crippen molar-refractivity contribution < 1.29 is 28.6 Å². The SMILES string of the molecule is O=C(Cl)c1ccc(OCc2ccccc2)cc1.O=C(Cl)c1cccc(OCc2c(Cl)cccc2Cl)c1.O=C(Cl)c1cccc(OCc2ccc(Cl)c(Cl)c2)c1. The summed E-state index contributed by atoms with van der Waals surface area (Å²) in [7, 11) is 0. The lowest BCUT2D eigenvalue weighted by molar-refractivity contribution is 0.107. The zero-order chi connectivity index (χ0) is 39.7. The number of hydrogen-bond donors (Lipinski definition) is 0. The molecule has 6 aromatic carbocycles. The lowest BCUT2D eigenvalue weighted by Crippen LogP contribution is -1.98. The normalized spacial score (nSPS) is 10.2. The second-order valence-corrected chi connectivity index (χ2v) is 13.9. The average molecular weight is 878 g/mol. The van der Waals surface area contributed by atoms with Crippen LogP contribution in [-0.4, -0.2) is 15.7 Å². The Morgan fingerprint density at radius 1 is 0.382 bits per heavy atom. The first-order chi connectivity index (χ1) is 26.4. The van der Waals surface area contributed by atoms with Crippen molar-refractivity contribution in [1.29, 1.82) is 0 Å². The van der Waals surface area contributed by atoms with Gasteiger partial charge in [-0.15, -0.1) is 0 Å². The fraction of sp³-hybridized carbons (Fsp3) is 0.0714. The summed E-state index contributed by atoms with van der Waals surface area (Å²) in [5.74, 6) is 1.82. The van der Waals surface area contributed by atoms with E-state index in [-0.39, 0.29) is 6.61 Å². The third-order valence-corrected chi connectivity index (χ3v) is 9.39. The Bertz CT molecular complexity index is 2190. The number of halogens is 7. The Labute approximate surface area is 353 Å². The van der Waals surface area contributed by atoms with E-state index in [2.05, 4.69) is 0 Å². The van der Waals surface area contributed by atoms with Gasteiger partial charge in [0, 0.05) is 32.3 Å². The van der Waals surface area contributed by atoms with Crippen LogP contribution in [0.1, 0.15) is 47.8 Å². The van der Waals surface area contributed by atoms with Crippen LogP contribution in [0.4, 0.5) is 0 Å². The van der Waals surface area contributed by atoms with Gasteiger partial charge in [-0.3, -0.25) is 14.4 Å². The Morgan fingerprint density at radius 3 is 1.40 bits per heavy atom. The third-order valence-electron chi connectivity index (χ3n) is 7.29. The molecule has 6 rings (SSSR count). The molecule has 13 heteroatoms. The molecule has 6 aromatic rings. The molecule has 0 bridgehead atoms. The highest BCUT2D eigenvalue weighted by Gasteiger charge is 2.09. The first-order valence-corrected chi connectivity index (χ1v) is 18.7. The maximum Gasteiger partial charge on any atom is 0.252 e. The van der Waals surface area contributed by atoms with Gasteiger partial charge in [0.15, 0.2) is 0 Å². The molecule has 6 nitrogen and oxygen atoms in total. The van der Waals surface area contributed by atoms with Gasteiger partial charge in [0.1, 0.15) is 37.1 Å². The maximum atomic E-state index is 11.0. The number of rotatable bonds is 12. The quantitative estimate of drug-likeness (QED) is 0.114. The van der Waals surface area contributed by atoms with Crippen LogP contribution in [0.5, 0.6) is 17.2 Å². The highest BCUT2D eigenvalue weighted by Crippen LogP contribution is 2.27. The van der Waals surface area contributed by atoms with Gasteiger partial charge in [0.25, 0.3) is 15.7 Å². The molecular weight excluding hydrogens is 849 g/mol. The molecular formula is C42H29Cl7O6. The van der Waals surface area contributed by atoms with E-state index in [0.29, 0.717) is 67.1 Å². The molecule has 0 aliphatic rings. The van der Waals surface area contributed by atoms with E-state index >= 15 is 0 Å². The molecule has 55 heavy (non-hydrogen) atoms. The summed E-state index contributed by atoms with van der Waals surface area (Å²) in [6.45, 7) is 1.06. The fourth-order valence-corrected chi connectivity index (χ4v) is 5.65. The van der Waals surface area contributed by atoms with E-state index in [0.717, 1.165) is 16.9 Å². The average Bonchev–Trinajstić information content (AvgIpc) is 3.18. The van der Waals surface area contributed by atoms with E-state index in [1.54, 1.807) is 103 Å². The molecule has 0 atom stereocenters. The summed E-state index contributed by atoms with van der Waals surface area (Å²) in [5, 5.41) is 0.558. The predicted molar refractivity (Wildman–Crippen MR) is 222 cm³/mol. The van der Waals surface area contributed by atoms with Crippen molar-refractivity contribution in [2.45, 2.75) is 19.8 Å². The summed E-state index contributed by atoms with van der Waals surface area (Å²) < 4.78 is 16.7. The third kappa shape index (κ3) is 14.7. The molecule has 0 heterocycles. The van der Waals surface area contributed by atoms with Crippen molar-refractivity contribution in [2.24, 2.45) is 0 Å². The second-order valence-electron chi connectivity index (χ2n) is 11.2. The molecule has 0 aromatic heterocycles. The molecule has 0 aliphatic carbocycles. The first-order valence-electron chi connectivity index (χ1n) is 16.1. The van der Waals surface area contributed by atoms with Gasteiger partial charge in [0.05, 0.1) is 10.0 Å². The standard InChI is InChI=1S/2C14H9Cl3O2.C14H11ClO2/c15-12-5-2-6-13(16)11(12)8-19-10-4-1-3-9(7-10)14(17)18;15-12-5-4-9(6-13(12)16)8-19-11-3-1-2-10(7-11)14(17)18;15-14(16)12-6-8-13(9-7-12)17-10-11-4-2-1-3-5-11/h2*1-7H,8H2;1-9H,10H2. The number of benzene rings is 6. The van der Waals surface area contributed by atoms with E-state index in [1.807, 2.05) is 36.4 Å². The molecule has 282 valence electrons. The molecule has 0 aliphatic heterocycles. The Kier molecular flexibility index (Phi) is 17.7. The minimum Gasteiger partial charge on any atom is -0.489 e. The number of hydrogen-bond acceptors (Lipinski definition) is 6. The first kappa shape index (κ1) is 43.5. The summed E-state index contributed by atoms with van der Waals surface area (Å²) >= 11 is 40.0. The molecule has 0 saturated heterocycles. The molecule has 0 saturated carbocycles. The van der Waals surface area contributed by atoms with Crippen molar-refractivity contribution in [3.63, 3.8) is 0 Å². The number of carbonyl (C=O) groups is 3. The summed E-state index contributed by atoms with van der Waals surface area (Å²) in [5.41, 5.74) is 3.94. The Balaban J connectivity index is 0.000000184. The van der Waals surface area contributed by atoms with Gasteiger partial charge in [-0.25, -0.2) is 0 Å². The topological polar surface area (TPSA) is 78.9 Å². The van der Waals surface area contributed by atoms with E-state index in [1.165, 1.54) is 0 Å². The van der Waals surface area contributed by atoms with Gasteiger partial charge >= 0.3 is 0 Å². The van der Waals surface area contributed by atoms with Crippen molar-refractivity contribution in [3.05, 3.63) is 193 Å². The van der Waals surface area contributed by atoms with Crippen molar-refractivity contribution in [2.75, 3.05) is 0 Å². The zero-order valence-corrected chi connectivity index (χ0v) is 33.8. The van der Waals surface area contributed by atoms with Gasteiger partial charge < -0.3 is 14.2 Å². The highest BCUT2D eigenvalue weighted by atomic mass is 35.5. The number of ether oxygens (including phenoxy) is 3. The van der Waals surface area contributed by atoms with Gasteiger partial charge in [0.2, 0.25) is 0 Å². The fourth-order valence-electron chi connectivity index (χ4n) is 4.46. The highest BCUT2D eigenvalue weighted by molar-refractivity contribution is 6.68. The lowest BCUT2D eigenvalue weighted by atomic mass is 10.2. The van der Waals surface area contributed by atoms with Crippen LogP contribution >= 0.6 is 81.2 Å². The Morgan fingerprint density at radius 2 is 0.873 bits per heavy atom. The van der Waals surface area contributed by atoms with E-state index in [4.69, 9.17) is 95.4 Å². The molecule has 0 radical (unpaired) electrons. The molecule has 0 fully saturated rings. The molecule has 0 amide bonds.